The second kappa shape index (κ2) is 5.02. The van der Waals surface area contributed by atoms with E-state index in [1.807, 2.05) is 30.3 Å². The normalized spacial score (nSPS) is 13.2. The summed E-state index contributed by atoms with van der Waals surface area (Å²) in [7, 11) is 0. The molecule has 0 radical (unpaired) electrons. The number of para-hydroxylation sites is 1. The summed E-state index contributed by atoms with van der Waals surface area (Å²) in [4.78, 5) is 25.0. The van der Waals surface area contributed by atoms with E-state index in [9.17, 15) is 4.79 Å². The molecule has 0 bridgehead atoms. The van der Waals surface area contributed by atoms with Gasteiger partial charge in [-0.05, 0) is 24.3 Å². The van der Waals surface area contributed by atoms with Crippen molar-refractivity contribution < 1.29 is 4.79 Å². The number of hydrogen-bond donors (Lipinski definition) is 0. The van der Waals surface area contributed by atoms with Crippen molar-refractivity contribution in [1.82, 2.24) is 4.98 Å². The van der Waals surface area contributed by atoms with Crippen LogP contribution in [0.1, 0.15) is 0 Å². The van der Waals surface area contributed by atoms with Gasteiger partial charge >= 0.3 is 5.91 Å². The fraction of sp³-hybridized carbons (Fsp3) is 0. The Hall–Kier alpha value is -3.26. The maximum Gasteiger partial charge on any atom is 0.406 e. The monoisotopic (exact) mass is 274 g/mol. The number of benzene rings is 1. The van der Waals surface area contributed by atoms with E-state index in [0.29, 0.717) is 17.2 Å². The van der Waals surface area contributed by atoms with Crippen LogP contribution in [-0.2, 0) is 4.79 Å². The molecule has 1 aromatic carbocycles. The topological polar surface area (TPSA) is 49.9 Å². The Bertz CT molecular complexity index is 803. The Balaban J connectivity index is 2.22. The first-order chi connectivity index (χ1) is 10.2. The van der Waals surface area contributed by atoms with Crippen LogP contribution >= 0.6 is 0 Å². The number of aromatic nitrogens is 1. The second-order valence-corrected chi connectivity index (χ2v) is 4.34. The van der Waals surface area contributed by atoms with E-state index in [1.165, 1.54) is 0 Å². The van der Waals surface area contributed by atoms with Gasteiger partial charge in [-0.3, -0.25) is 9.89 Å². The van der Waals surface area contributed by atoms with Crippen LogP contribution in [0.4, 0.5) is 17.2 Å². The Morgan fingerprint density at radius 2 is 1.95 bits per heavy atom. The van der Waals surface area contributed by atoms with Gasteiger partial charge in [0.1, 0.15) is 11.4 Å². The zero-order valence-corrected chi connectivity index (χ0v) is 11.0. The van der Waals surface area contributed by atoms with Gasteiger partial charge in [-0.15, -0.1) is 0 Å². The van der Waals surface area contributed by atoms with Gasteiger partial charge in [0, 0.05) is 11.9 Å². The molecule has 1 amide bonds. The molecule has 1 aromatic heterocycles. The lowest BCUT2D eigenvalue weighted by atomic mass is 10.1. The van der Waals surface area contributed by atoms with Crippen molar-refractivity contribution in [2.75, 3.05) is 4.90 Å². The Morgan fingerprint density at radius 1 is 1.19 bits per heavy atom. The number of hydrogen-bond acceptors (Lipinski definition) is 4. The minimum Gasteiger partial charge on any atom is -0.309 e. The highest BCUT2D eigenvalue weighted by atomic mass is 16.1. The van der Waals surface area contributed by atoms with Gasteiger partial charge in [0.15, 0.2) is 5.82 Å². The maximum atomic E-state index is 11.8. The number of carbonyl (C=O) groups is 1. The summed E-state index contributed by atoms with van der Waals surface area (Å²) in [5.41, 5.74) is 1.76. The highest BCUT2D eigenvalue weighted by Gasteiger charge is 2.29. The van der Waals surface area contributed by atoms with Crippen LogP contribution in [0, 0.1) is 6.57 Å². The van der Waals surface area contributed by atoms with Crippen LogP contribution in [0.3, 0.4) is 0 Å². The zero-order valence-electron chi connectivity index (χ0n) is 11.0. The Labute approximate surface area is 121 Å². The number of carbonyl (C=O) groups excluding carboxylic acids is 1. The molecule has 100 valence electrons. The standard InChI is InChI=1S/C16H10N4O/c1-11-14(16(21)17-2)19-13-9-6-10-18-15(13)20(11)12-7-4-3-5-8-12/h3-10H,1H2. The van der Waals surface area contributed by atoms with Crippen molar-refractivity contribution in [3.05, 3.63) is 72.4 Å². The first-order valence-electron chi connectivity index (χ1n) is 6.22. The van der Waals surface area contributed by atoms with Crippen molar-refractivity contribution >= 4 is 28.8 Å². The van der Waals surface area contributed by atoms with Crippen molar-refractivity contribution in [2.24, 2.45) is 4.99 Å². The van der Waals surface area contributed by atoms with E-state index >= 15 is 0 Å². The summed E-state index contributed by atoms with van der Waals surface area (Å²) in [6.45, 7) is 10.8. The van der Waals surface area contributed by atoms with Crippen LogP contribution in [0.2, 0.25) is 0 Å². The lowest BCUT2D eigenvalue weighted by molar-refractivity contribution is -0.109. The summed E-state index contributed by atoms with van der Waals surface area (Å²) in [5.74, 6) is -0.134. The third-order valence-electron chi connectivity index (χ3n) is 3.07. The molecule has 21 heavy (non-hydrogen) atoms. The number of rotatable bonds is 2. The number of amides is 1. The average molecular weight is 274 g/mol. The van der Waals surface area contributed by atoms with Crippen molar-refractivity contribution in [3.63, 3.8) is 0 Å². The van der Waals surface area contributed by atoms with E-state index in [2.05, 4.69) is 21.4 Å². The molecule has 0 spiro atoms. The van der Waals surface area contributed by atoms with Crippen LogP contribution in [-0.4, -0.2) is 16.6 Å². The molecule has 1 aliphatic heterocycles. The molecule has 0 unspecified atom stereocenters. The highest BCUT2D eigenvalue weighted by Crippen LogP contribution is 2.38. The first-order valence-corrected chi connectivity index (χ1v) is 6.22. The lowest BCUT2D eigenvalue weighted by Crippen LogP contribution is -2.29. The summed E-state index contributed by atoms with van der Waals surface area (Å²) < 4.78 is 0. The molecule has 2 heterocycles. The number of pyridine rings is 1. The van der Waals surface area contributed by atoms with Crippen LogP contribution in [0.5, 0.6) is 0 Å². The second-order valence-electron chi connectivity index (χ2n) is 4.34. The Morgan fingerprint density at radius 3 is 2.67 bits per heavy atom. The predicted octanol–water partition coefficient (Wildman–Crippen LogP) is 3.27. The fourth-order valence-corrected chi connectivity index (χ4v) is 2.15. The summed E-state index contributed by atoms with van der Waals surface area (Å²) >= 11 is 0. The molecule has 0 atom stereocenters. The van der Waals surface area contributed by atoms with Gasteiger partial charge in [-0.25, -0.2) is 4.98 Å². The summed E-state index contributed by atoms with van der Waals surface area (Å²) in [6.07, 6.45) is 1.65. The molecule has 5 nitrogen and oxygen atoms in total. The average Bonchev–Trinajstić information content (AvgIpc) is 2.54. The van der Waals surface area contributed by atoms with E-state index in [1.54, 1.807) is 23.2 Å². The highest BCUT2D eigenvalue weighted by molar-refractivity contribution is 6.50. The van der Waals surface area contributed by atoms with E-state index < -0.39 is 5.91 Å². The molecule has 0 aliphatic carbocycles. The van der Waals surface area contributed by atoms with Gasteiger partial charge in [-0.2, -0.15) is 4.85 Å². The molecule has 5 heteroatoms. The summed E-state index contributed by atoms with van der Waals surface area (Å²) in [6, 6.07) is 12.9. The minimum absolute atomic E-state index is 0.0503. The molecule has 0 saturated carbocycles. The van der Waals surface area contributed by atoms with E-state index in [-0.39, 0.29) is 5.71 Å². The first kappa shape index (κ1) is 12.8. The number of aliphatic imine (C=N–C) groups is 1. The number of fused-ring (bicyclic) bond motifs is 1. The molecular weight excluding hydrogens is 264 g/mol. The van der Waals surface area contributed by atoms with E-state index in [0.717, 1.165) is 5.69 Å². The largest absolute Gasteiger partial charge is 0.406 e. The third-order valence-corrected chi connectivity index (χ3v) is 3.07. The molecule has 0 fully saturated rings. The van der Waals surface area contributed by atoms with Crippen molar-refractivity contribution in [1.29, 1.82) is 0 Å². The SMILES string of the molecule is [C-]#[N+]C(=O)C1=Nc2cccnc2N(c2ccccc2)C1=C. The van der Waals surface area contributed by atoms with Gasteiger partial charge in [0.25, 0.3) is 0 Å². The molecule has 1 aliphatic rings. The van der Waals surface area contributed by atoms with Crippen LogP contribution < -0.4 is 4.90 Å². The van der Waals surface area contributed by atoms with Gasteiger partial charge < -0.3 is 4.79 Å². The molecule has 2 aromatic rings. The smallest absolute Gasteiger partial charge is 0.309 e. The quantitative estimate of drug-likeness (QED) is 0.790. The van der Waals surface area contributed by atoms with Gasteiger partial charge in [-0.1, -0.05) is 24.8 Å². The predicted molar refractivity (Wildman–Crippen MR) is 80.7 cm³/mol. The van der Waals surface area contributed by atoms with Crippen LogP contribution in [0.15, 0.2) is 65.9 Å². The Kier molecular flexibility index (Phi) is 3.05. The summed E-state index contributed by atoms with van der Waals surface area (Å²) in [5, 5.41) is 0. The number of anilines is 2. The van der Waals surface area contributed by atoms with Crippen LogP contribution in [0.25, 0.3) is 4.85 Å². The van der Waals surface area contributed by atoms with E-state index in [4.69, 9.17) is 6.57 Å². The van der Waals surface area contributed by atoms with Gasteiger partial charge in [0.2, 0.25) is 0 Å². The van der Waals surface area contributed by atoms with Crippen molar-refractivity contribution in [2.45, 2.75) is 0 Å². The third kappa shape index (κ3) is 2.09. The lowest BCUT2D eigenvalue weighted by Gasteiger charge is -2.30. The molecular formula is C16H10N4O. The molecule has 3 rings (SSSR count). The zero-order chi connectivity index (χ0) is 14.8. The maximum absolute atomic E-state index is 11.8. The van der Waals surface area contributed by atoms with Crippen molar-refractivity contribution in [3.8, 4) is 0 Å². The minimum atomic E-state index is -0.726. The number of nitrogens with zero attached hydrogens (tertiary/aromatic N) is 4. The van der Waals surface area contributed by atoms with Gasteiger partial charge in [0.05, 0.1) is 12.3 Å². The molecule has 0 saturated heterocycles. The molecule has 0 N–H and O–H groups in total. The fourth-order valence-electron chi connectivity index (χ4n) is 2.15.